The number of benzene rings is 3. The van der Waals surface area contributed by atoms with E-state index in [0.717, 1.165) is 37.2 Å². The Balaban J connectivity index is 1.33. The van der Waals surface area contributed by atoms with Crippen LogP contribution in [0.2, 0.25) is 0 Å². The highest BCUT2D eigenvalue weighted by Crippen LogP contribution is 2.19. The maximum absolute atomic E-state index is 11.2. The Morgan fingerprint density at radius 3 is 2.10 bits per heavy atom. The maximum atomic E-state index is 11.2. The fraction of sp³-hybridized carbons (Fsp3) is 0.269. The van der Waals surface area contributed by atoms with Crippen molar-refractivity contribution in [3.8, 4) is 17.2 Å². The van der Waals surface area contributed by atoms with Crippen molar-refractivity contribution in [1.82, 2.24) is 0 Å². The van der Waals surface area contributed by atoms with Crippen molar-refractivity contribution < 1.29 is 24.1 Å². The van der Waals surface area contributed by atoms with Crippen LogP contribution in [0.15, 0.2) is 78.9 Å². The van der Waals surface area contributed by atoms with E-state index in [2.05, 4.69) is 6.07 Å². The minimum Gasteiger partial charge on any atom is -0.494 e. The molecule has 5 heteroatoms. The lowest BCUT2D eigenvalue weighted by atomic mass is 10.1. The third kappa shape index (κ3) is 7.70. The first kappa shape index (κ1) is 22.2. The Bertz CT molecular complexity index is 939. The molecule has 1 N–H and O–H groups in total. The molecule has 3 aromatic carbocycles. The summed E-state index contributed by atoms with van der Waals surface area (Å²) >= 11 is 0. The molecule has 3 rings (SSSR count). The van der Waals surface area contributed by atoms with E-state index in [-0.39, 0.29) is 5.56 Å². The number of rotatable bonds is 13. The molecule has 0 radical (unpaired) electrons. The number of aromatic carboxylic acids is 1. The van der Waals surface area contributed by atoms with E-state index in [1.807, 2.05) is 48.5 Å². The van der Waals surface area contributed by atoms with Crippen LogP contribution in [0.25, 0.3) is 0 Å². The second-order valence-electron chi connectivity index (χ2n) is 7.12. The second kappa shape index (κ2) is 12.3. The van der Waals surface area contributed by atoms with Crippen molar-refractivity contribution in [2.45, 2.75) is 25.7 Å². The van der Waals surface area contributed by atoms with Crippen molar-refractivity contribution in [1.29, 1.82) is 0 Å². The molecule has 0 bridgehead atoms. The summed E-state index contributed by atoms with van der Waals surface area (Å²) in [5.41, 5.74) is 1.35. The van der Waals surface area contributed by atoms with Crippen LogP contribution in [-0.2, 0) is 6.42 Å². The molecule has 0 aliphatic rings. The molecule has 0 amide bonds. The van der Waals surface area contributed by atoms with Gasteiger partial charge in [-0.15, -0.1) is 0 Å². The van der Waals surface area contributed by atoms with E-state index < -0.39 is 5.97 Å². The van der Waals surface area contributed by atoms with Crippen molar-refractivity contribution in [3.63, 3.8) is 0 Å². The first-order chi connectivity index (χ1) is 15.2. The van der Waals surface area contributed by atoms with Crippen LogP contribution in [0, 0.1) is 0 Å². The van der Waals surface area contributed by atoms with Gasteiger partial charge in [0, 0.05) is 0 Å². The minimum atomic E-state index is -0.980. The van der Waals surface area contributed by atoms with Gasteiger partial charge in [-0.05, 0) is 67.6 Å². The van der Waals surface area contributed by atoms with Crippen molar-refractivity contribution in [2.75, 3.05) is 19.8 Å². The van der Waals surface area contributed by atoms with Crippen molar-refractivity contribution in [3.05, 3.63) is 90.0 Å². The first-order valence-corrected chi connectivity index (χ1v) is 10.6. The standard InChI is InChI=1S/C26H28O5/c27-26(28)24-15-4-5-16-25(24)31-19-9-11-21-10-8-14-23(20-21)30-18-7-6-17-29-22-12-2-1-3-13-22/h1-5,8,10,12-16,20H,6-7,9,11,17-19H2,(H,27,28). The SMILES string of the molecule is O=C(O)c1ccccc1OCCCc1cccc(OCCCCOc2ccccc2)c1. The number of carboxylic acid groups (broad SMARTS) is 1. The van der Waals surface area contributed by atoms with Crippen LogP contribution in [0.3, 0.4) is 0 Å². The quantitative estimate of drug-likeness (QED) is 0.363. The molecule has 0 heterocycles. The number of aryl methyl sites for hydroxylation is 1. The molecule has 0 fully saturated rings. The number of unbranched alkanes of at least 4 members (excludes halogenated alkanes) is 1. The number of ether oxygens (including phenoxy) is 3. The lowest BCUT2D eigenvalue weighted by Gasteiger charge is -2.10. The molecule has 0 atom stereocenters. The van der Waals surface area contributed by atoms with E-state index in [4.69, 9.17) is 14.2 Å². The summed E-state index contributed by atoms with van der Waals surface area (Å²) in [6.45, 7) is 1.78. The normalized spacial score (nSPS) is 10.5. The molecule has 0 saturated heterocycles. The van der Waals surface area contributed by atoms with Gasteiger partial charge in [0.2, 0.25) is 0 Å². The largest absolute Gasteiger partial charge is 0.494 e. The molecule has 0 spiro atoms. The number of para-hydroxylation sites is 2. The zero-order chi connectivity index (χ0) is 21.7. The van der Waals surface area contributed by atoms with Crippen LogP contribution in [0.4, 0.5) is 0 Å². The van der Waals surface area contributed by atoms with Gasteiger partial charge in [0.25, 0.3) is 0 Å². The van der Waals surface area contributed by atoms with Crippen LogP contribution in [-0.4, -0.2) is 30.9 Å². The fourth-order valence-corrected chi connectivity index (χ4v) is 3.12. The molecule has 0 aromatic heterocycles. The molecule has 3 aromatic rings. The lowest BCUT2D eigenvalue weighted by Crippen LogP contribution is -2.05. The average Bonchev–Trinajstić information content (AvgIpc) is 2.80. The monoisotopic (exact) mass is 420 g/mol. The highest BCUT2D eigenvalue weighted by Gasteiger charge is 2.09. The average molecular weight is 421 g/mol. The zero-order valence-electron chi connectivity index (χ0n) is 17.5. The van der Waals surface area contributed by atoms with Crippen LogP contribution in [0.1, 0.15) is 35.2 Å². The van der Waals surface area contributed by atoms with Crippen LogP contribution < -0.4 is 14.2 Å². The topological polar surface area (TPSA) is 65.0 Å². The van der Waals surface area contributed by atoms with Crippen molar-refractivity contribution in [2.24, 2.45) is 0 Å². The molecule has 0 aliphatic carbocycles. The Hall–Kier alpha value is -3.47. The van der Waals surface area contributed by atoms with E-state index in [1.54, 1.807) is 24.3 Å². The highest BCUT2D eigenvalue weighted by atomic mass is 16.5. The minimum absolute atomic E-state index is 0.187. The summed E-state index contributed by atoms with van der Waals surface area (Å²) in [7, 11) is 0. The Labute approximate surface area is 183 Å². The van der Waals surface area contributed by atoms with Gasteiger partial charge in [-0.1, -0.05) is 42.5 Å². The molecular weight excluding hydrogens is 392 g/mol. The smallest absolute Gasteiger partial charge is 0.339 e. The van der Waals surface area contributed by atoms with Gasteiger partial charge in [-0.2, -0.15) is 0 Å². The summed E-state index contributed by atoms with van der Waals surface area (Å²) in [5, 5.41) is 9.20. The zero-order valence-corrected chi connectivity index (χ0v) is 17.5. The molecule has 162 valence electrons. The summed E-state index contributed by atoms with van der Waals surface area (Å²) < 4.78 is 17.2. The Morgan fingerprint density at radius 1 is 0.677 bits per heavy atom. The van der Waals surface area contributed by atoms with Crippen molar-refractivity contribution >= 4 is 5.97 Å². The molecule has 0 saturated carbocycles. The van der Waals surface area contributed by atoms with Gasteiger partial charge in [-0.3, -0.25) is 0 Å². The third-order valence-corrected chi connectivity index (χ3v) is 4.70. The van der Waals surface area contributed by atoms with E-state index in [1.165, 1.54) is 5.56 Å². The van der Waals surface area contributed by atoms with Gasteiger partial charge in [-0.25, -0.2) is 4.79 Å². The summed E-state index contributed by atoms with van der Waals surface area (Å²) in [5.74, 6) is 1.18. The van der Waals surface area contributed by atoms with Gasteiger partial charge >= 0.3 is 5.97 Å². The summed E-state index contributed by atoms with van der Waals surface area (Å²) in [6, 6.07) is 24.6. The lowest BCUT2D eigenvalue weighted by molar-refractivity contribution is 0.0692. The predicted molar refractivity (Wildman–Crippen MR) is 120 cm³/mol. The van der Waals surface area contributed by atoms with Gasteiger partial charge in [0.15, 0.2) is 0 Å². The number of carbonyl (C=O) groups is 1. The van der Waals surface area contributed by atoms with E-state index in [0.29, 0.717) is 25.6 Å². The molecule has 5 nitrogen and oxygen atoms in total. The van der Waals surface area contributed by atoms with Crippen LogP contribution >= 0.6 is 0 Å². The summed E-state index contributed by atoms with van der Waals surface area (Å²) in [4.78, 5) is 11.2. The number of carboxylic acids is 1. The molecule has 31 heavy (non-hydrogen) atoms. The summed E-state index contributed by atoms with van der Waals surface area (Å²) in [6.07, 6.45) is 3.48. The third-order valence-electron chi connectivity index (χ3n) is 4.70. The molecular formula is C26H28O5. The van der Waals surface area contributed by atoms with Gasteiger partial charge in [0.1, 0.15) is 22.8 Å². The molecule has 0 unspecified atom stereocenters. The van der Waals surface area contributed by atoms with Crippen LogP contribution in [0.5, 0.6) is 17.2 Å². The highest BCUT2D eigenvalue weighted by molar-refractivity contribution is 5.90. The maximum Gasteiger partial charge on any atom is 0.339 e. The van der Waals surface area contributed by atoms with E-state index in [9.17, 15) is 9.90 Å². The van der Waals surface area contributed by atoms with E-state index >= 15 is 0 Å². The molecule has 0 aliphatic heterocycles. The van der Waals surface area contributed by atoms with Gasteiger partial charge < -0.3 is 19.3 Å². The number of hydrogen-bond acceptors (Lipinski definition) is 4. The second-order valence-corrected chi connectivity index (χ2v) is 7.12. The first-order valence-electron chi connectivity index (χ1n) is 10.6. The Morgan fingerprint density at radius 2 is 1.32 bits per heavy atom. The number of hydrogen-bond donors (Lipinski definition) is 1. The predicted octanol–water partition coefficient (Wildman–Crippen LogP) is 5.63. The van der Waals surface area contributed by atoms with Gasteiger partial charge in [0.05, 0.1) is 19.8 Å². The fourth-order valence-electron chi connectivity index (χ4n) is 3.12. The Kier molecular flexibility index (Phi) is 8.80.